The number of carbonyl (C=O) groups is 1. The van der Waals surface area contributed by atoms with E-state index in [2.05, 4.69) is 6.58 Å². The lowest BCUT2D eigenvalue weighted by atomic mass is 10.1. The third-order valence-electron chi connectivity index (χ3n) is 4.64. The average Bonchev–Trinajstić information content (AvgIpc) is 2.75. The lowest BCUT2D eigenvalue weighted by Gasteiger charge is -2.11. The third-order valence-corrected chi connectivity index (χ3v) is 4.64. The number of non-ortho nitro benzene ring substituents is 1. The van der Waals surface area contributed by atoms with Gasteiger partial charge in [0.1, 0.15) is 5.76 Å². The molecule has 6 heteroatoms. The molecule has 0 atom stereocenters. The molecule has 1 N–H and O–H groups in total. The Bertz CT molecular complexity index is 872. The molecule has 0 radical (unpaired) electrons. The zero-order valence-corrected chi connectivity index (χ0v) is 17.0. The number of nitrogens with zero attached hydrogens (tertiary/aromatic N) is 1. The minimum absolute atomic E-state index is 0.0567. The molecule has 158 valence electrons. The van der Waals surface area contributed by atoms with Crippen LogP contribution >= 0.6 is 0 Å². The number of nitro benzene ring substituents is 1. The van der Waals surface area contributed by atoms with Gasteiger partial charge in [-0.2, -0.15) is 0 Å². The van der Waals surface area contributed by atoms with E-state index in [0.29, 0.717) is 13.0 Å². The van der Waals surface area contributed by atoms with E-state index in [9.17, 15) is 14.9 Å². The smallest absolute Gasteiger partial charge is 0.330 e. The lowest BCUT2D eigenvalue weighted by Crippen LogP contribution is -1.98. The van der Waals surface area contributed by atoms with Crippen molar-refractivity contribution in [3.05, 3.63) is 88.0 Å². The number of hydrogen-bond acceptors (Lipinski definition) is 4. The summed E-state index contributed by atoms with van der Waals surface area (Å²) in [5.74, 6) is -0.195. The van der Waals surface area contributed by atoms with Crippen LogP contribution in [-0.4, -0.2) is 22.6 Å². The van der Waals surface area contributed by atoms with Gasteiger partial charge in [-0.25, -0.2) is 4.79 Å². The maximum absolute atomic E-state index is 10.8. The first-order valence-corrected chi connectivity index (χ1v) is 10.0. The Morgan fingerprint density at radius 1 is 1.00 bits per heavy atom. The van der Waals surface area contributed by atoms with Crippen molar-refractivity contribution in [1.82, 2.24) is 0 Å². The molecule has 0 fully saturated rings. The molecule has 2 aromatic rings. The lowest BCUT2D eigenvalue weighted by molar-refractivity contribution is -0.384. The SMILES string of the molecule is C=C(CCCCCCCOC(=Cc1ccc([N+](=O)[O-])cc1)c1ccccc1)C(=O)O. The van der Waals surface area contributed by atoms with Crippen molar-refractivity contribution in [2.75, 3.05) is 6.61 Å². The van der Waals surface area contributed by atoms with Crippen LogP contribution in [0.4, 0.5) is 5.69 Å². The number of carboxylic acids is 1. The summed E-state index contributed by atoms with van der Waals surface area (Å²) in [5.41, 5.74) is 2.10. The highest BCUT2D eigenvalue weighted by atomic mass is 16.6. The minimum Gasteiger partial charge on any atom is -0.493 e. The van der Waals surface area contributed by atoms with Gasteiger partial charge in [0.25, 0.3) is 5.69 Å². The van der Waals surface area contributed by atoms with Gasteiger partial charge in [0.15, 0.2) is 0 Å². The van der Waals surface area contributed by atoms with Crippen LogP contribution in [0.15, 0.2) is 66.7 Å². The fraction of sp³-hybridized carbons (Fsp3) is 0.292. The first-order chi connectivity index (χ1) is 14.5. The van der Waals surface area contributed by atoms with Crippen LogP contribution in [-0.2, 0) is 9.53 Å². The summed E-state index contributed by atoms with van der Waals surface area (Å²) in [6.45, 7) is 4.10. The van der Waals surface area contributed by atoms with Crippen molar-refractivity contribution in [2.45, 2.75) is 38.5 Å². The summed E-state index contributed by atoms with van der Waals surface area (Å²) in [7, 11) is 0. The predicted octanol–water partition coefficient (Wildman–Crippen LogP) is 6.09. The van der Waals surface area contributed by atoms with E-state index < -0.39 is 10.9 Å². The van der Waals surface area contributed by atoms with E-state index in [1.54, 1.807) is 12.1 Å². The van der Waals surface area contributed by atoms with Crippen LogP contribution in [0.3, 0.4) is 0 Å². The summed E-state index contributed by atoms with van der Waals surface area (Å²) in [6.07, 6.45) is 7.13. The fourth-order valence-electron chi connectivity index (χ4n) is 2.91. The van der Waals surface area contributed by atoms with Crippen LogP contribution in [0.25, 0.3) is 11.8 Å². The summed E-state index contributed by atoms with van der Waals surface area (Å²) in [6, 6.07) is 16.1. The molecule has 0 saturated carbocycles. The fourth-order valence-corrected chi connectivity index (χ4v) is 2.91. The van der Waals surface area contributed by atoms with Crippen LogP contribution in [0.2, 0.25) is 0 Å². The molecule has 0 unspecified atom stereocenters. The zero-order valence-electron chi connectivity index (χ0n) is 17.0. The Balaban J connectivity index is 1.85. The number of aliphatic carboxylic acids is 1. The summed E-state index contributed by atoms with van der Waals surface area (Å²) < 4.78 is 6.02. The van der Waals surface area contributed by atoms with E-state index in [1.807, 2.05) is 36.4 Å². The van der Waals surface area contributed by atoms with E-state index in [0.717, 1.165) is 49.0 Å². The summed E-state index contributed by atoms with van der Waals surface area (Å²) in [4.78, 5) is 21.1. The van der Waals surface area contributed by atoms with Gasteiger partial charge in [0.2, 0.25) is 0 Å². The maximum Gasteiger partial charge on any atom is 0.330 e. The van der Waals surface area contributed by atoms with Crippen molar-refractivity contribution in [3.8, 4) is 0 Å². The number of nitro groups is 1. The molecule has 0 bridgehead atoms. The Morgan fingerprint density at radius 2 is 1.63 bits per heavy atom. The van der Waals surface area contributed by atoms with Gasteiger partial charge in [0.05, 0.1) is 11.5 Å². The molecule has 30 heavy (non-hydrogen) atoms. The predicted molar refractivity (Wildman–Crippen MR) is 118 cm³/mol. The van der Waals surface area contributed by atoms with Crippen LogP contribution in [0.1, 0.15) is 49.7 Å². The number of unbranched alkanes of at least 4 members (excludes halogenated alkanes) is 4. The van der Waals surface area contributed by atoms with Gasteiger partial charge in [-0.15, -0.1) is 0 Å². The number of ether oxygens (including phenoxy) is 1. The molecular formula is C24H27NO5. The van der Waals surface area contributed by atoms with Crippen molar-refractivity contribution in [2.24, 2.45) is 0 Å². The van der Waals surface area contributed by atoms with E-state index in [4.69, 9.17) is 9.84 Å². The molecule has 2 aromatic carbocycles. The highest BCUT2D eigenvalue weighted by molar-refractivity contribution is 5.85. The second kappa shape index (κ2) is 12.2. The Hall–Kier alpha value is -3.41. The monoisotopic (exact) mass is 409 g/mol. The number of carboxylic acid groups (broad SMARTS) is 1. The highest BCUT2D eigenvalue weighted by Gasteiger charge is 2.07. The summed E-state index contributed by atoms with van der Waals surface area (Å²) >= 11 is 0. The number of hydrogen-bond donors (Lipinski definition) is 1. The van der Waals surface area contributed by atoms with E-state index in [-0.39, 0.29) is 11.3 Å². The van der Waals surface area contributed by atoms with Gasteiger partial charge in [0, 0.05) is 23.3 Å². The third kappa shape index (κ3) is 7.91. The van der Waals surface area contributed by atoms with Gasteiger partial charge < -0.3 is 9.84 Å². The highest BCUT2D eigenvalue weighted by Crippen LogP contribution is 2.22. The molecule has 0 amide bonds. The van der Waals surface area contributed by atoms with Gasteiger partial charge in [-0.1, -0.05) is 56.2 Å². The molecule has 0 heterocycles. The van der Waals surface area contributed by atoms with Crippen molar-refractivity contribution in [1.29, 1.82) is 0 Å². The topological polar surface area (TPSA) is 89.7 Å². The van der Waals surface area contributed by atoms with Gasteiger partial charge in [-0.05, 0) is 43.0 Å². The van der Waals surface area contributed by atoms with Crippen molar-refractivity contribution in [3.63, 3.8) is 0 Å². The molecule has 0 aliphatic carbocycles. The van der Waals surface area contributed by atoms with Crippen LogP contribution < -0.4 is 0 Å². The van der Waals surface area contributed by atoms with Crippen LogP contribution in [0, 0.1) is 10.1 Å². The first kappa shape index (κ1) is 22.9. The van der Waals surface area contributed by atoms with Gasteiger partial charge in [-0.3, -0.25) is 10.1 Å². The summed E-state index contributed by atoms with van der Waals surface area (Å²) in [5, 5.41) is 19.6. The molecule has 6 nitrogen and oxygen atoms in total. The Labute approximate surface area is 176 Å². The second-order valence-corrected chi connectivity index (χ2v) is 7.00. The van der Waals surface area contributed by atoms with Gasteiger partial charge >= 0.3 is 5.97 Å². The van der Waals surface area contributed by atoms with Crippen molar-refractivity contribution >= 4 is 23.5 Å². The van der Waals surface area contributed by atoms with Crippen molar-refractivity contribution < 1.29 is 19.6 Å². The second-order valence-electron chi connectivity index (χ2n) is 7.00. The molecule has 0 spiro atoms. The molecule has 0 aliphatic rings. The molecular weight excluding hydrogens is 382 g/mol. The molecule has 0 saturated heterocycles. The minimum atomic E-state index is -0.920. The Morgan fingerprint density at radius 3 is 2.27 bits per heavy atom. The van der Waals surface area contributed by atoms with Crippen LogP contribution in [0.5, 0.6) is 0 Å². The normalized spacial score (nSPS) is 11.1. The molecule has 0 aliphatic heterocycles. The first-order valence-electron chi connectivity index (χ1n) is 10.0. The largest absolute Gasteiger partial charge is 0.493 e. The zero-order chi connectivity index (χ0) is 21.8. The average molecular weight is 409 g/mol. The molecule has 2 rings (SSSR count). The number of rotatable bonds is 13. The standard InChI is InChI=1S/C24H27NO5/c1-19(24(26)27)10-6-3-2-4-9-17-30-23(21-11-7-5-8-12-21)18-20-13-15-22(16-14-20)25(28)29/h5,7-8,11-16,18H,1-4,6,9-10,17H2,(H,26,27). The quantitative estimate of drug-likeness (QED) is 0.108. The van der Waals surface area contributed by atoms with E-state index in [1.165, 1.54) is 12.1 Å². The Kier molecular flexibility index (Phi) is 9.31. The molecule has 0 aromatic heterocycles. The number of benzene rings is 2. The van der Waals surface area contributed by atoms with E-state index >= 15 is 0 Å². The maximum atomic E-state index is 10.8.